The van der Waals surface area contributed by atoms with Crippen LogP contribution in [0.3, 0.4) is 0 Å². The number of nitrogens with one attached hydrogen (secondary N) is 1. The Hall–Kier alpha value is -1.20. The highest BCUT2D eigenvalue weighted by atomic mass is 32.2. The first kappa shape index (κ1) is 24.1. The maximum Gasteiger partial charge on any atom is 0.407 e. The van der Waals surface area contributed by atoms with E-state index in [1.165, 1.54) is 11.6 Å². The summed E-state index contributed by atoms with van der Waals surface area (Å²) >= 11 is 1.07. The summed E-state index contributed by atoms with van der Waals surface area (Å²) in [6, 6.07) is 0. The van der Waals surface area contributed by atoms with E-state index in [1.807, 2.05) is 0 Å². The maximum atomic E-state index is 12.9. The van der Waals surface area contributed by atoms with E-state index in [9.17, 15) is 19.3 Å². The highest BCUT2D eigenvalue weighted by Gasteiger charge is 2.40. The van der Waals surface area contributed by atoms with Gasteiger partial charge in [-0.05, 0) is 21.0 Å². The molecule has 1 saturated heterocycles. The Morgan fingerprint density at radius 1 is 1.52 bits per heavy atom. The molecule has 4 atom stereocenters. The highest BCUT2D eigenvalue weighted by Crippen LogP contribution is 2.50. The van der Waals surface area contributed by atoms with Crippen molar-refractivity contribution in [1.29, 1.82) is 0 Å². The number of hydrogen-bond acceptors (Lipinski definition) is 9. The molecule has 2 heterocycles. The number of ether oxygens (including phenoxy) is 1. The molecule has 164 valence electrons. The number of aliphatic hydroxyl groups is 1. The first-order valence-corrected chi connectivity index (χ1v) is 11.5. The molecule has 2 N–H and O–H groups in total. The van der Waals surface area contributed by atoms with Crippen LogP contribution in [0.15, 0.2) is 24.2 Å². The van der Waals surface area contributed by atoms with Gasteiger partial charge in [0, 0.05) is 30.9 Å². The van der Waals surface area contributed by atoms with Gasteiger partial charge in [-0.25, -0.2) is 9.24 Å². The van der Waals surface area contributed by atoms with E-state index in [1.54, 1.807) is 32.1 Å². The third-order valence-electron chi connectivity index (χ3n) is 4.31. The molecule has 2 unspecified atom stereocenters. The predicted molar refractivity (Wildman–Crippen MR) is 109 cm³/mol. The molecule has 2 rings (SSSR count). The lowest BCUT2D eigenvalue weighted by atomic mass is 10.1. The Morgan fingerprint density at radius 2 is 2.21 bits per heavy atom. The molecule has 2 aliphatic rings. The highest BCUT2D eigenvalue weighted by molar-refractivity contribution is 8.13. The second kappa shape index (κ2) is 10.2. The number of carbonyl (C=O) groups excluding carboxylic acids is 2. The molecule has 2 aliphatic heterocycles. The van der Waals surface area contributed by atoms with Gasteiger partial charge in [0.25, 0.3) is 5.91 Å². The van der Waals surface area contributed by atoms with Crippen molar-refractivity contribution >= 4 is 30.5 Å². The van der Waals surface area contributed by atoms with Crippen LogP contribution in [0.2, 0.25) is 0 Å². The predicted octanol–water partition coefficient (Wildman–Crippen LogP) is 1.25. The van der Waals surface area contributed by atoms with Crippen molar-refractivity contribution in [3.8, 4) is 0 Å². The molecule has 0 aromatic rings. The summed E-state index contributed by atoms with van der Waals surface area (Å²) in [6.45, 7) is 6.83. The van der Waals surface area contributed by atoms with Gasteiger partial charge < -0.3 is 20.1 Å². The summed E-state index contributed by atoms with van der Waals surface area (Å²) in [5.74, 6) is 0.469. The molecule has 1 fully saturated rings. The Kier molecular flexibility index (Phi) is 8.48. The average Bonchev–Trinajstić information content (AvgIpc) is 3.00. The minimum absolute atomic E-state index is 0.0532. The standard InChI is InChI=1S/C17H28N3O7PS/c1-11-9-20(12(2)18-17(11)23)16-8-14(22)15(27-16)10-26-28(24,19(4)5)25-6-7-29-13(3)21/h9,14-16,22H,2,6-8,10H2,1,3-5H3,(H,18,23)/t14?,15-,16-,28?/m1/s1. The van der Waals surface area contributed by atoms with Crippen LogP contribution >= 0.6 is 19.5 Å². The minimum Gasteiger partial charge on any atom is -0.390 e. The van der Waals surface area contributed by atoms with Crippen molar-refractivity contribution < 1.29 is 33.0 Å². The molecule has 12 heteroatoms. The fourth-order valence-corrected chi connectivity index (χ4v) is 4.48. The van der Waals surface area contributed by atoms with E-state index < -0.39 is 26.2 Å². The molecular weight excluding hydrogens is 421 g/mol. The smallest absolute Gasteiger partial charge is 0.390 e. The Morgan fingerprint density at radius 3 is 2.83 bits per heavy atom. The Labute approximate surface area is 174 Å². The largest absolute Gasteiger partial charge is 0.407 e. The lowest BCUT2D eigenvalue weighted by Gasteiger charge is -2.32. The third kappa shape index (κ3) is 6.39. The molecule has 0 aromatic carbocycles. The number of rotatable bonds is 9. The first-order valence-electron chi connectivity index (χ1n) is 9.04. The van der Waals surface area contributed by atoms with Gasteiger partial charge in [-0.2, -0.15) is 0 Å². The topological polar surface area (TPSA) is 118 Å². The van der Waals surface area contributed by atoms with Crippen LogP contribution in [0.5, 0.6) is 0 Å². The maximum absolute atomic E-state index is 12.9. The second-order valence-electron chi connectivity index (χ2n) is 6.84. The van der Waals surface area contributed by atoms with Crippen molar-refractivity contribution in [2.45, 2.75) is 38.7 Å². The van der Waals surface area contributed by atoms with E-state index in [2.05, 4.69) is 11.9 Å². The van der Waals surface area contributed by atoms with Crippen molar-refractivity contribution in [3.05, 3.63) is 24.2 Å². The van der Waals surface area contributed by atoms with Crippen LogP contribution in [-0.4, -0.2) is 77.2 Å². The van der Waals surface area contributed by atoms with E-state index in [-0.39, 0.29) is 30.7 Å². The van der Waals surface area contributed by atoms with Crippen molar-refractivity contribution in [2.24, 2.45) is 0 Å². The molecule has 0 aromatic heterocycles. The number of hydrogen-bond donors (Lipinski definition) is 2. The van der Waals surface area contributed by atoms with Gasteiger partial charge in [-0.1, -0.05) is 18.3 Å². The summed E-state index contributed by atoms with van der Waals surface area (Å²) in [7, 11) is -0.481. The molecule has 1 amide bonds. The van der Waals surface area contributed by atoms with Crippen LogP contribution in [-0.2, 0) is 27.9 Å². The van der Waals surface area contributed by atoms with Crippen LogP contribution < -0.4 is 5.32 Å². The fourth-order valence-electron chi connectivity index (χ4n) is 2.71. The molecule has 29 heavy (non-hydrogen) atoms. The lowest BCUT2D eigenvalue weighted by molar-refractivity contribution is -0.118. The zero-order chi connectivity index (χ0) is 21.8. The van der Waals surface area contributed by atoms with E-state index in [4.69, 9.17) is 13.8 Å². The summed E-state index contributed by atoms with van der Waals surface area (Å²) in [4.78, 5) is 24.3. The van der Waals surface area contributed by atoms with Crippen LogP contribution in [0.4, 0.5) is 0 Å². The molecular formula is C17H28N3O7PS. The van der Waals surface area contributed by atoms with Crippen LogP contribution in [0.1, 0.15) is 20.3 Å². The summed E-state index contributed by atoms with van der Waals surface area (Å²) < 4.78 is 31.0. The van der Waals surface area contributed by atoms with Gasteiger partial charge in [0.2, 0.25) is 0 Å². The van der Waals surface area contributed by atoms with Gasteiger partial charge in [0.1, 0.15) is 18.2 Å². The van der Waals surface area contributed by atoms with Gasteiger partial charge in [-0.3, -0.25) is 18.6 Å². The van der Waals surface area contributed by atoms with Gasteiger partial charge in [0.05, 0.1) is 19.3 Å². The summed E-state index contributed by atoms with van der Waals surface area (Å²) in [5, 5.41) is 12.9. The molecule has 0 bridgehead atoms. The van der Waals surface area contributed by atoms with E-state index in [0.29, 0.717) is 17.1 Å². The van der Waals surface area contributed by atoms with Gasteiger partial charge in [-0.15, -0.1) is 0 Å². The number of amides is 1. The van der Waals surface area contributed by atoms with Crippen LogP contribution in [0.25, 0.3) is 0 Å². The van der Waals surface area contributed by atoms with Crippen molar-refractivity contribution in [1.82, 2.24) is 14.9 Å². The zero-order valence-corrected chi connectivity index (χ0v) is 18.7. The number of aliphatic hydroxyl groups excluding tert-OH is 1. The number of nitrogens with zero attached hydrogens (tertiary/aromatic N) is 2. The molecule has 0 aliphatic carbocycles. The minimum atomic E-state index is -3.59. The quantitative estimate of drug-likeness (QED) is 0.393. The molecule has 0 saturated carbocycles. The number of carbonyl (C=O) groups is 2. The second-order valence-corrected chi connectivity index (χ2v) is 10.4. The fraction of sp³-hybridized carbons (Fsp3) is 0.647. The zero-order valence-electron chi connectivity index (χ0n) is 17.0. The first-order chi connectivity index (χ1) is 13.5. The Balaban J connectivity index is 1.93. The van der Waals surface area contributed by atoms with E-state index in [0.717, 1.165) is 11.8 Å². The van der Waals surface area contributed by atoms with Crippen molar-refractivity contribution in [2.75, 3.05) is 33.1 Å². The third-order valence-corrected chi connectivity index (χ3v) is 7.05. The summed E-state index contributed by atoms with van der Waals surface area (Å²) in [5.41, 5.74) is 0.490. The van der Waals surface area contributed by atoms with Gasteiger partial charge in [0.15, 0.2) is 5.12 Å². The lowest BCUT2D eigenvalue weighted by Crippen LogP contribution is -2.42. The Bertz CT molecular complexity index is 730. The average molecular weight is 449 g/mol. The monoisotopic (exact) mass is 449 g/mol. The van der Waals surface area contributed by atoms with Crippen molar-refractivity contribution in [3.63, 3.8) is 0 Å². The summed E-state index contributed by atoms with van der Waals surface area (Å²) in [6.07, 6.45) is -0.268. The van der Waals surface area contributed by atoms with Crippen LogP contribution in [0, 0.1) is 0 Å². The SMILES string of the molecule is C=C1NC(=O)C(C)=CN1[C@H]1CC(O)[C@@H](COP(=O)(OCCSC(C)=O)N(C)C)O1. The molecule has 0 radical (unpaired) electrons. The molecule has 0 spiro atoms. The normalized spacial score (nSPS) is 27.0. The van der Waals surface area contributed by atoms with Gasteiger partial charge >= 0.3 is 7.75 Å². The van der Waals surface area contributed by atoms with E-state index >= 15 is 0 Å². The number of thioether (sulfide) groups is 1. The molecule has 10 nitrogen and oxygen atoms in total.